The van der Waals surface area contributed by atoms with Gasteiger partial charge in [-0.2, -0.15) is 0 Å². The van der Waals surface area contributed by atoms with E-state index in [0.29, 0.717) is 15.9 Å². The van der Waals surface area contributed by atoms with Crippen LogP contribution in [0.4, 0.5) is 5.69 Å². The number of thioether (sulfide) groups is 1. The number of halogens is 1. The second kappa shape index (κ2) is 8.07. The number of carbonyl (C=O) groups is 1. The highest BCUT2D eigenvalue weighted by Gasteiger charge is 2.10. The van der Waals surface area contributed by atoms with Gasteiger partial charge in [0.25, 0.3) is 5.56 Å². The minimum absolute atomic E-state index is 0.0171. The van der Waals surface area contributed by atoms with Crippen LogP contribution in [0.15, 0.2) is 64.5 Å². The highest BCUT2D eigenvalue weighted by molar-refractivity contribution is 7.99. The Labute approximate surface area is 158 Å². The molecule has 3 aromatic rings. The first-order chi connectivity index (χ1) is 12.5. The van der Waals surface area contributed by atoms with Gasteiger partial charge in [0.2, 0.25) is 5.91 Å². The van der Waals surface area contributed by atoms with Gasteiger partial charge in [0.05, 0.1) is 17.1 Å². The molecule has 0 radical (unpaired) electrons. The molecule has 1 amide bonds. The molecule has 0 bridgehead atoms. The predicted molar refractivity (Wildman–Crippen MR) is 103 cm³/mol. The van der Waals surface area contributed by atoms with Gasteiger partial charge in [0.15, 0.2) is 5.16 Å². The molecule has 0 unspecified atom stereocenters. The van der Waals surface area contributed by atoms with E-state index in [4.69, 9.17) is 11.6 Å². The molecule has 0 aliphatic carbocycles. The molecule has 0 saturated heterocycles. The van der Waals surface area contributed by atoms with Crippen LogP contribution < -0.4 is 10.9 Å². The molecular weight excluding hydrogens is 374 g/mol. The van der Waals surface area contributed by atoms with Crippen molar-refractivity contribution in [3.05, 3.63) is 70.0 Å². The molecule has 1 aromatic heterocycles. The van der Waals surface area contributed by atoms with Gasteiger partial charge in [0.1, 0.15) is 5.75 Å². The highest BCUT2D eigenvalue weighted by Crippen LogP contribution is 2.27. The molecular formula is C18H14ClN3O3S. The number of amides is 1. The lowest BCUT2D eigenvalue weighted by atomic mass is 10.1. The second-order valence-electron chi connectivity index (χ2n) is 5.30. The molecule has 8 heteroatoms. The summed E-state index contributed by atoms with van der Waals surface area (Å²) >= 11 is 6.85. The highest BCUT2D eigenvalue weighted by atomic mass is 35.5. The number of aromatic nitrogens is 2. The number of phenolic OH excluding ortho intramolecular Hbond substituents is 1. The van der Waals surface area contributed by atoms with Crippen molar-refractivity contribution in [2.75, 3.05) is 11.1 Å². The summed E-state index contributed by atoms with van der Waals surface area (Å²) in [6.07, 6.45) is 0. The fourth-order valence-corrected chi connectivity index (χ4v) is 3.03. The van der Waals surface area contributed by atoms with Gasteiger partial charge in [-0.15, -0.1) is 0 Å². The Bertz CT molecular complexity index is 992. The van der Waals surface area contributed by atoms with Gasteiger partial charge in [-0.25, -0.2) is 4.98 Å². The molecule has 0 atom stereocenters. The Hall–Kier alpha value is -2.77. The Kier molecular flexibility index (Phi) is 5.60. The van der Waals surface area contributed by atoms with Gasteiger partial charge in [-0.1, -0.05) is 53.7 Å². The summed E-state index contributed by atoms with van der Waals surface area (Å²) in [5.41, 5.74) is 1.32. The van der Waals surface area contributed by atoms with Crippen molar-refractivity contribution in [2.45, 2.75) is 5.16 Å². The lowest BCUT2D eigenvalue weighted by Gasteiger charge is -2.08. The number of rotatable bonds is 5. The summed E-state index contributed by atoms with van der Waals surface area (Å²) in [6.45, 7) is 0. The number of phenols is 1. The molecule has 132 valence electrons. The average molecular weight is 388 g/mol. The zero-order valence-electron chi connectivity index (χ0n) is 13.4. The lowest BCUT2D eigenvalue weighted by molar-refractivity contribution is -0.113. The standard InChI is InChI=1S/C18H14ClN3O3S/c19-12-6-7-13(15(23)8-12)20-17(25)10-26-18-21-14(9-16(24)22-18)11-4-2-1-3-5-11/h1-9,23H,10H2,(H,20,25)(H,21,22,24). The van der Waals surface area contributed by atoms with Crippen molar-refractivity contribution in [1.82, 2.24) is 9.97 Å². The van der Waals surface area contributed by atoms with Gasteiger partial charge >= 0.3 is 0 Å². The monoisotopic (exact) mass is 387 g/mol. The quantitative estimate of drug-likeness (QED) is 0.353. The van der Waals surface area contributed by atoms with Crippen molar-refractivity contribution in [3.63, 3.8) is 0 Å². The largest absolute Gasteiger partial charge is 0.506 e. The molecule has 2 aromatic carbocycles. The molecule has 6 nitrogen and oxygen atoms in total. The van der Waals surface area contributed by atoms with Crippen LogP contribution >= 0.6 is 23.4 Å². The second-order valence-corrected chi connectivity index (χ2v) is 6.70. The van der Waals surface area contributed by atoms with Gasteiger partial charge in [-0.05, 0) is 12.1 Å². The fourth-order valence-electron chi connectivity index (χ4n) is 2.19. The van der Waals surface area contributed by atoms with Crippen LogP contribution in [0.2, 0.25) is 5.02 Å². The molecule has 0 aliphatic heterocycles. The van der Waals surface area contributed by atoms with Crippen LogP contribution in [0.1, 0.15) is 0 Å². The summed E-state index contributed by atoms with van der Waals surface area (Å²) in [5.74, 6) is -0.447. The minimum atomic E-state index is -0.347. The van der Waals surface area contributed by atoms with E-state index in [-0.39, 0.29) is 28.7 Å². The summed E-state index contributed by atoms with van der Waals surface area (Å²) in [6, 6.07) is 15.1. The molecule has 3 rings (SSSR count). The third-order valence-electron chi connectivity index (χ3n) is 3.36. The summed E-state index contributed by atoms with van der Waals surface area (Å²) < 4.78 is 0. The van der Waals surface area contributed by atoms with E-state index in [0.717, 1.165) is 17.3 Å². The van der Waals surface area contributed by atoms with E-state index in [1.165, 1.54) is 18.2 Å². The van der Waals surface area contributed by atoms with E-state index in [2.05, 4.69) is 15.3 Å². The average Bonchev–Trinajstić information content (AvgIpc) is 2.63. The zero-order valence-corrected chi connectivity index (χ0v) is 15.0. The van der Waals surface area contributed by atoms with Gasteiger partial charge in [-0.3, -0.25) is 9.59 Å². The molecule has 0 fully saturated rings. The van der Waals surface area contributed by atoms with Crippen LogP contribution in [0.25, 0.3) is 11.3 Å². The van der Waals surface area contributed by atoms with E-state index in [9.17, 15) is 14.7 Å². The zero-order chi connectivity index (χ0) is 18.5. The number of aromatic hydroxyl groups is 1. The molecule has 0 saturated carbocycles. The van der Waals surface area contributed by atoms with E-state index >= 15 is 0 Å². The number of hydrogen-bond acceptors (Lipinski definition) is 5. The van der Waals surface area contributed by atoms with Crippen LogP contribution in [0.5, 0.6) is 5.75 Å². The first-order valence-electron chi connectivity index (χ1n) is 7.59. The van der Waals surface area contributed by atoms with Crippen molar-refractivity contribution >= 4 is 35.0 Å². The summed E-state index contributed by atoms with van der Waals surface area (Å²) in [7, 11) is 0. The topological polar surface area (TPSA) is 95.1 Å². The number of aromatic amines is 1. The number of H-pyrrole nitrogens is 1. The number of hydrogen-bond donors (Lipinski definition) is 3. The lowest BCUT2D eigenvalue weighted by Crippen LogP contribution is -2.15. The van der Waals surface area contributed by atoms with E-state index in [1.807, 2.05) is 30.3 Å². The summed E-state index contributed by atoms with van der Waals surface area (Å²) in [5, 5.41) is 13.0. The molecule has 1 heterocycles. The van der Waals surface area contributed by atoms with Crippen molar-refractivity contribution in [1.29, 1.82) is 0 Å². The Balaban J connectivity index is 1.68. The number of nitrogens with one attached hydrogen (secondary N) is 2. The maximum atomic E-state index is 12.1. The fraction of sp³-hybridized carbons (Fsp3) is 0.0556. The van der Waals surface area contributed by atoms with E-state index in [1.54, 1.807) is 6.07 Å². The molecule has 0 aliphatic rings. The number of benzene rings is 2. The first-order valence-corrected chi connectivity index (χ1v) is 8.95. The Morgan fingerprint density at radius 3 is 2.69 bits per heavy atom. The minimum Gasteiger partial charge on any atom is -0.506 e. The first kappa shape index (κ1) is 18.0. The van der Waals surface area contributed by atoms with Crippen LogP contribution in [0.3, 0.4) is 0 Å². The smallest absolute Gasteiger partial charge is 0.252 e. The summed E-state index contributed by atoms with van der Waals surface area (Å²) in [4.78, 5) is 30.9. The normalized spacial score (nSPS) is 10.5. The number of carbonyl (C=O) groups excluding carboxylic acids is 1. The Morgan fingerprint density at radius 2 is 1.96 bits per heavy atom. The maximum absolute atomic E-state index is 12.1. The number of nitrogens with zero attached hydrogens (tertiary/aromatic N) is 1. The Morgan fingerprint density at radius 1 is 1.19 bits per heavy atom. The molecule has 3 N–H and O–H groups in total. The third-order valence-corrected chi connectivity index (χ3v) is 4.47. The van der Waals surface area contributed by atoms with Gasteiger partial charge < -0.3 is 15.4 Å². The SMILES string of the molecule is O=C(CSc1nc(-c2ccccc2)cc(=O)[nH]1)Nc1ccc(Cl)cc1O. The van der Waals surface area contributed by atoms with Crippen LogP contribution in [0, 0.1) is 0 Å². The van der Waals surface area contributed by atoms with E-state index < -0.39 is 0 Å². The van der Waals surface area contributed by atoms with Crippen molar-refractivity contribution in [2.24, 2.45) is 0 Å². The van der Waals surface area contributed by atoms with Gasteiger partial charge in [0, 0.05) is 22.7 Å². The molecule has 0 spiro atoms. The van der Waals surface area contributed by atoms with Crippen LogP contribution in [-0.4, -0.2) is 26.7 Å². The predicted octanol–water partition coefficient (Wildman–Crippen LogP) is 3.53. The van der Waals surface area contributed by atoms with Crippen molar-refractivity contribution in [3.8, 4) is 17.0 Å². The maximum Gasteiger partial charge on any atom is 0.252 e. The van der Waals surface area contributed by atoms with Crippen molar-refractivity contribution < 1.29 is 9.90 Å². The molecule has 26 heavy (non-hydrogen) atoms. The van der Waals surface area contributed by atoms with Crippen LogP contribution in [-0.2, 0) is 4.79 Å². The number of anilines is 1. The third kappa shape index (κ3) is 4.65.